The van der Waals surface area contributed by atoms with E-state index >= 15 is 0 Å². The zero-order chi connectivity index (χ0) is 15.7. The van der Waals surface area contributed by atoms with Crippen molar-refractivity contribution >= 4 is 28.6 Å². The highest BCUT2D eigenvalue weighted by Gasteiger charge is 2.22. The Morgan fingerprint density at radius 2 is 1.90 bits per heavy atom. The van der Waals surface area contributed by atoms with E-state index in [4.69, 9.17) is 9.84 Å². The Balaban J connectivity index is 4.28. The van der Waals surface area contributed by atoms with Crippen molar-refractivity contribution in [2.75, 3.05) is 25.2 Å². The molecule has 8 nitrogen and oxygen atoms in total. The van der Waals surface area contributed by atoms with E-state index in [9.17, 15) is 18.6 Å². The number of aliphatic carboxylic acids is 1. The summed E-state index contributed by atoms with van der Waals surface area (Å²) in [6, 6.07) is -1.49. The van der Waals surface area contributed by atoms with E-state index < -0.39 is 34.6 Å². The minimum absolute atomic E-state index is 0.227. The lowest BCUT2D eigenvalue weighted by molar-refractivity contribution is -0.140. The van der Waals surface area contributed by atoms with Crippen molar-refractivity contribution in [2.45, 2.75) is 25.9 Å². The van der Waals surface area contributed by atoms with E-state index in [2.05, 4.69) is 10.6 Å². The molecule has 9 heteroatoms. The van der Waals surface area contributed by atoms with Gasteiger partial charge in [-0.05, 0) is 6.92 Å². The molecule has 0 aliphatic rings. The summed E-state index contributed by atoms with van der Waals surface area (Å²) in [6.07, 6.45) is 0. The lowest BCUT2D eigenvalue weighted by atomic mass is 10.3. The third-order valence-corrected chi connectivity index (χ3v) is 3.43. The number of amides is 2. The highest BCUT2D eigenvalue weighted by atomic mass is 32.2. The molecule has 0 rings (SSSR count). The average molecular weight is 308 g/mol. The van der Waals surface area contributed by atoms with Gasteiger partial charge in [0.1, 0.15) is 11.8 Å². The quantitative estimate of drug-likeness (QED) is 0.475. The number of hydrogen-bond donors (Lipinski definition) is 3. The van der Waals surface area contributed by atoms with Gasteiger partial charge < -0.3 is 20.5 Å². The summed E-state index contributed by atoms with van der Waals surface area (Å²) < 4.78 is 16.5. The van der Waals surface area contributed by atoms with Crippen LogP contribution in [-0.2, 0) is 29.9 Å². The second kappa shape index (κ2) is 9.43. The standard InChI is InChI=1S/C11H20N2O6S/c1-7(4-19-3)12-10(15)6-20(18)5-9(11(16)17)13-8(2)14/h7,9H,4-6H2,1-3H3,(H,12,15)(H,13,14)(H,16,17)/t7?,9-,20?/m0/s1. The zero-order valence-corrected chi connectivity index (χ0v) is 12.5. The van der Waals surface area contributed by atoms with E-state index in [1.54, 1.807) is 6.92 Å². The first-order chi connectivity index (χ1) is 9.26. The van der Waals surface area contributed by atoms with Gasteiger partial charge >= 0.3 is 5.97 Å². The third kappa shape index (κ3) is 8.59. The predicted molar refractivity (Wildman–Crippen MR) is 72.6 cm³/mol. The molecule has 0 aromatic rings. The van der Waals surface area contributed by atoms with Crippen LogP contribution in [0.4, 0.5) is 0 Å². The van der Waals surface area contributed by atoms with E-state index in [0.717, 1.165) is 6.92 Å². The van der Waals surface area contributed by atoms with Gasteiger partial charge in [-0.2, -0.15) is 0 Å². The van der Waals surface area contributed by atoms with E-state index in [1.807, 2.05) is 0 Å². The van der Waals surface area contributed by atoms with Crippen LogP contribution in [0.5, 0.6) is 0 Å². The molecule has 0 saturated carbocycles. The van der Waals surface area contributed by atoms with E-state index in [0.29, 0.717) is 6.61 Å². The molecule has 0 spiro atoms. The highest BCUT2D eigenvalue weighted by Crippen LogP contribution is 1.93. The molecule has 0 saturated heterocycles. The molecule has 0 fully saturated rings. The Labute approximate surface area is 119 Å². The van der Waals surface area contributed by atoms with Crippen LogP contribution in [0.25, 0.3) is 0 Å². The van der Waals surface area contributed by atoms with Crippen LogP contribution in [0.1, 0.15) is 13.8 Å². The molecule has 3 atom stereocenters. The summed E-state index contributed by atoms with van der Waals surface area (Å²) in [5.41, 5.74) is 0. The van der Waals surface area contributed by atoms with Crippen molar-refractivity contribution in [3.05, 3.63) is 0 Å². The monoisotopic (exact) mass is 308 g/mol. The van der Waals surface area contributed by atoms with Gasteiger partial charge in [-0.1, -0.05) is 0 Å². The number of carbonyl (C=O) groups is 3. The Morgan fingerprint density at radius 3 is 2.35 bits per heavy atom. The predicted octanol–water partition coefficient (Wildman–Crippen LogP) is -1.52. The fraction of sp³-hybridized carbons (Fsp3) is 0.727. The summed E-state index contributed by atoms with van der Waals surface area (Å²) in [7, 11) is -0.194. The molecule has 0 aliphatic carbocycles. The van der Waals surface area contributed by atoms with E-state index in [-0.39, 0.29) is 17.5 Å². The van der Waals surface area contributed by atoms with Crippen molar-refractivity contribution in [3.63, 3.8) is 0 Å². The van der Waals surface area contributed by atoms with Crippen molar-refractivity contribution in [2.24, 2.45) is 0 Å². The fourth-order valence-corrected chi connectivity index (χ4v) is 2.51. The summed E-state index contributed by atoms with van der Waals surface area (Å²) in [4.78, 5) is 33.2. The maximum atomic E-state index is 11.7. The number of ether oxygens (including phenoxy) is 1. The molecule has 2 unspecified atom stereocenters. The maximum absolute atomic E-state index is 11.7. The smallest absolute Gasteiger partial charge is 0.327 e. The lowest BCUT2D eigenvalue weighted by Crippen LogP contribution is -2.45. The molecule has 0 aromatic heterocycles. The number of hydrogen-bond acceptors (Lipinski definition) is 5. The maximum Gasteiger partial charge on any atom is 0.327 e. The van der Waals surface area contributed by atoms with Crippen LogP contribution < -0.4 is 10.6 Å². The van der Waals surface area contributed by atoms with Crippen LogP contribution in [-0.4, -0.2) is 64.4 Å². The van der Waals surface area contributed by atoms with Crippen LogP contribution in [0.15, 0.2) is 0 Å². The van der Waals surface area contributed by atoms with Gasteiger partial charge in [-0.3, -0.25) is 13.8 Å². The Hall–Kier alpha value is -1.48. The molecule has 0 radical (unpaired) electrons. The van der Waals surface area contributed by atoms with Gasteiger partial charge in [0.2, 0.25) is 11.8 Å². The summed E-state index contributed by atoms with van der Waals surface area (Å²) in [5, 5.41) is 13.6. The zero-order valence-electron chi connectivity index (χ0n) is 11.7. The van der Waals surface area contributed by atoms with Crippen LogP contribution in [0.3, 0.4) is 0 Å². The minimum Gasteiger partial charge on any atom is -0.480 e. The second-order valence-corrected chi connectivity index (χ2v) is 5.77. The van der Waals surface area contributed by atoms with Gasteiger partial charge in [0.15, 0.2) is 0 Å². The molecule has 116 valence electrons. The number of methoxy groups -OCH3 is 1. The third-order valence-electron chi connectivity index (χ3n) is 2.14. The molecule has 0 bridgehead atoms. The minimum atomic E-state index is -1.69. The number of nitrogens with one attached hydrogen (secondary N) is 2. The molecule has 0 aromatic carbocycles. The highest BCUT2D eigenvalue weighted by molar-refractivity contribution is 7.85. The van der Waals surface area contributed by atoms with Crippen LogP contribution >= 0.6 is 0 Å². The SMILES string of the molecule is COCC(C)NC(=O)CS(=O)C[C@H](NC(C)=O)C(=O)O. The first-order valence-corrected chi connectivity index (χ1v) is 7.38. The molecule has 0 aliphatic heterocycles. The number of carboxylic acids is 1. The number of carboxylic acid groups (broad SMARTS) is 1. The van der Waals surface area contributed by atoms with Gasteiger partial charge in [0, 0.05) is 30.9 Å². The second-order valence-electron chi connectivity index (χ2n) is 4.27. The normalized spacial score (nSPS) is 14.9. The topological polar surface area (TPSA) is 122 Å². The van der Waals surface area contributed by atoms with Crippen molar-refractivity contribution in [1.29, 1.82) is 0 Å². The molecule has 2 amide bonds. The first kappa shape index (κ1) is 18.5. The van der Waals surface area contributed by atoms with Crippen LogP contribution in [0, 0.1) is 0 Å². The van der Waals surface area contributed by atoms with E-state index in [1.165, 1.54) is 7.11 Å². The summed E-state index contributed by atoms with van der Waals surface area (Å²) in [6.45, 7) is 3.21. The lowest BCUT2D eigenvalue weighted by Gasteiger charge is -2.14. The molecule has 0 heterocycles. The first-order valence-electron chi connectivity index (χ1n) is 5.89. The molecular formula is C11H20N2O6S. The van der Waals surface area contributed by atoms with Crippen molar-refractivity contribution in [3.8, 4) is 0 Å². The van der Waals surface area contributed by atoms with Gasteiger partial charge in [0.25, 0.3) is 0 Å². The largest absolute Gasteiger partial charge is 0.480 e. The van der Waals surface area contributed by atoms with Crippen molar-refractivity contribution in [1.82, 2.24) is 10.6 Å². The Morgan fingerprint density at radius 1 is 1.30 bits per heavy atom. The van der Waals surface area contributed by atoms with Crippen LogP contribution in [0.2, 0.25) is 0 Å². The molecule has 20 heavy (non-hydrogen) atoms. The van der Waals surface area contributed by atoms with Gasteiger partial charge in [-0.25, -0.2) is 4.79 Å². The average Bonchev–Trinajstić information content (AvgIpc) is 2.26. The number of rotatable bonds is 9. The fourth-order valence-electron chi connectivity index (χ4n) is 1.42. The number of carbonyl (C=O) groups excluding carboxylic acids is 2. The molecular weight excluding hydrogens is 288 g/mol. The molecule has 3 N–H and O–H groups in total. The summed E-state index contributed by atoms with van der Waals surface area (Å²) in [5.74, 6) is -2.92. The van der Waals surface area contributed by atoms with Gasteiger partial charge in [-0.15, -0.1) is 0 Å². The Bertz CT molecular complexity index is 387. The van der Waals surface area contributed by atoms with Crippen molar-refractivity contribution < 1.29 is 28.4 Å². The summed E-state index contributed by atoms with van der Waals surface area (Å²) >= 11 is 0. The Kier molecular flexibility index (Phi) is 8.73. The van der Waals surface area contributed by atoms with Gasteiger partial charge in [0.05, 0.1) is 12.4 Å².